The van der Waals surface area contributed by atoms with Gasteiger partial charge in [0.15, 0.2) is 11.4 Å². The number of nitrogens with zero attached hydrogens (tertiary/aromatic N) is 2. The Kier molecular flexibility index (Phi) is 6.36. The van der Waals surface area contributed by atoms with E-state index in [-0.39, 0.29) is 29.7 Å². The van der Waals surface area contributed by atoms with Gasteiger partial charge in [0.1, 0.15) is 34.4 Å². The van der Waals surface area contributed by atoms with E-state index in [0.717, 1.165) is 31.7 Å². The first-order valence-electron chi connectivity index (χ1n) is 13.8. The van der Waals surface area contributed by atoms with E-state index in [2.05, 4.69) is 4.90 Å². The molecular weight excluding hydrogens is 530 g/mol. The molecule has 216 valence electrons. The first-order chi connectivity index (χ1) is 19.4. The summed E-state index contributed by atoms with van der Waals surface area (Å²) in [5.41, 5.74) is 2.95. The predicted octanol–water partition coefficient (Wildman–Crippen LogP) is 1.82. The first-order valence-corrected chi connectivity index (χ1v) is 13.8. The normalized spacial score (nSPS) is 28.2. The molecule has 41 heavy (non-hydrogen) atoms. The van der Waals surface area contributed by atoms with E-state index >= 15 is 0 Å². The molecule has 1 saturated carbocycles. The molecule has 1 aromatic heterocycles. The van der Waals surface area contributed by atoms with Gasteiger partial charge < -0.3 is 30.6 Å². The molecule has 1 aliphatic heterocycles. The second kappa shape index (κ2) is 9.57. The number of likely N-dealkylation sites (N-methyl/N-ethyl adjacent to an activating group) is 1. The summed E-state index contributed by atoms with van der Waals surface area (Å²) in [5.74, 6) is -5.41. The highest BCUT2D eigenvalue weighted by Crippen LogP contribution is 2.53. The smallest absolute Gasteiger partial charge is 0.255 e. The van der Waals surface area contributed by atoms with Crippen LogP contribution in [0.1, 0.15) is 36.1 Å². The van der Waals surface area contributed by atoms with Crippen molar-refractivity contribution in [1.82, 2.24) is 9.80 Å². The summed E-state index contributed by atoms with van der Waals surface area (Å²) in [7, 11) is 3.14. The highest BCUT2D eigenvalue weighted by atomic mass is 16.4. The number of nitrogens with two attached hydrogens (primary N) is 1. The van der Waals surface area contributed by atoms with Crippen LogP contribution in [0.15, 0.2) is 45.6 Å². The number of fused-ring (bicyclic) bond motifs is 3. The summed E-state index contributed by atoms with van der Waals surface area (Å²) >= 11 is 0. The number of rotatable bonds is 5. The van der Waals surface area contributed by atoms with Crippen LogP contribution in [0.3, 0.4) is 0 Å². The Labute approximate surface area is 236 Å². The molecule has 6 rings (SSSR count). The Morgan fingerprint density at radius 1 is 1.12 bits per heavy atom. The number of carbonyl (C=O) groups excluding carboxylic acids is 3. The van der Waals surface area contributed by atoms with Gasteiger partial charge in [-0.2, -0.15) is 0 Å². The molecule has 11 nitrogen and oxygen atoms in total. The van der Waals surface area contributed by atoms with E-state index in [1.807, 2.05) is 12.1 Å². The molecule has 2 aromatic rings. The number of primary amides is 1. The van der Waals surface area contributed by atoms with Gasteiger partial charge in [-0.3, -0.25) is 24.2 Å². The van der Waals surface area contributed by atoms with Crippen molar-refractivity contribution in [1.29, 1.82) is 0 Å². The maximum absolute atomic E-state index is 14.0. The topological polar surface area (TPSA) is 178 Å². The van der Waals surface area contributed by atoms with Crippen LogP contribution in [-0.2, 0) is 27.3 Å². The van der Waals surface area contributed by atoms with Crippen molar-refractivity contribution in [2.45, 2.75) is 43.9 Å². The lowest BCUT2D eigenvalue weighted by molar-refractivity contribution is -0.153. The molecule has 4 atom stereocenters. The molecule has 6 N–H and O–H groups in total. The molecule has 3 aliphatic carbocycles. The van der Waals surface area contributed by atoms with Crippen molar-refractivity contribution in [3.05, 3.63) is 58.1 Å². The minimum absolute atomic E-state index is 0.0270. The molecule has 2 heterocycles. The molecule has 0 spiro atoms. The van der Waals surface area contributed by atoms with Gasteiger partial charge in [0, 0.05) is 17.1 Å². The van der Waals surface area contributed by atoms with E-state index in [0.29, 0.717) is 23.4 Å². The third-order valence-corrected chi connectivity index (χ3v) is 9.11. The molecule has 0 unspecified atom stereocenters. The molecular formula is C30H33N3O8. The fraction of sp³-hybridized carbons (Fsp3) is 0.433. The Morgan fingerprint density at radius 2 is 1.83 bits per heavy atom. The number of phenols is 1. The van der Waals surface area contributed by atoms with Crippen molar-refractivity contribution in [2.75, 3.05) is 27.2 Å². The second-order valence-electron chi connectivity index (χ2n) is 11.7. The number of Topliss-reactive ketones (excluding diaryl/α,β-unsaturated/α-hetero) is 2. The summed E-state index contributed by atoms with van der Waals surface area (Å²) in [4.78, 5) is 43.2. The van der Waals surface area contributed by atoms with Gasteiger partial charge in [-0.15, -0.1) is 0 Å². The number of furan rings is 1. The number of hydrogen-bond acceptors (Lipinski definition) is 10. The van der Waals surface area contributed by atoms with Crippen LogP contribution in [-0.4, -0.2) is 86.5 Å². The van der Waals surface area contributed by atoms with Crippen LogP contribution >= 0.6 is 0 Å². The molecule has 4 aliphatic rings. The number of benzene rings is 1. The lowest BCUT2D eigenvalue weighted by Crippen LogP contribution is -2.65. The summed E-state index contributed by atoms with van der Waals surface area (Å²) in [5, 5.41) is 45.0. The number of likely N-dealkylation sites (tertiary alicyclic amines) is 1. The fourth-order valence-electron chi connectivity index (χ4n) is 7.24. The third-order valence-electron chi connectivity index (χ3n) is 9.11. The van der Waals surface area contributed by atoms with Crippen molar-refractivity contribution in [3.63, 3.8) is 0 Å². The largest absolute Gasteiger partial charge is 0.508 e. The maximum Gasteiger partial charge on any atom is 0.255 e. The molecule has 0 radical (unpaired) electrons. The van der Waals surface area contributed by atoms with E-state index in [4.69, 9.17) is 10.2 Å². The minimum atomic E-state index is -2.66. The van der Waals surface area contributed by atoms with Crippen LogP contribution in [0, 0.1) is 11.8 Å². The fourth-order valence-corrected chi connectivity index (χ4v) is 7.24. The van der Waals surface area contributed by atoms with Crippen LogP contribution < -0.4 is 5.73 Å². The van der Waals surface area contributed by atoms with Crippen molar-refractivity contribution in [3.8, 4) is 17.1 Å². The third kappa shape index (κ3) is 3.94. The lowest BCUT2D eigenvalue weighted by Gasteiger charge is -2.50. The van der Waals surface area contributed by atoms with E-state index in [9.17, 15) is 34.8 Å². The molecule has 1 amide bonds. The van der Waals surface area contributed by atoms with Gasteiger partial charge in [-0.1, -0.05) is 0 Å². The molecule has 1 aromatic carbocycles. The maximum atomic E-state index is 14.0. The Balaban J connectivity index is 1.46. The average Bonchev–Trinajstić information content (AvgIpc) is 3.59. The summed E-state index contributed by atoms with van der Waals surface area (Å²) < 4.78 is 6.18. The van der Waals surface area contributed by atoms with Gasteiger partial charge in [0.25, 0.3) is 5.91 Å². The number of carbonyl (C=O) groups is 3. The zero-order valence-corrected chi connectivity index (χ0v) is 22.9. The lowest BCUT2D eigenvalue weighted by atomic mass is 9.57. The summed E-state index contributed by atoms with van der Waals surface area (Å²) in [6, 6.07) is 5.72. The van der Waals surface area contributed by atoms with Crippen molar-refractivity contribution in [2.24, 2.45) is 17.6 Å². The highest BCUT2D eigenvalue weighted by molar-refractivity contribution is 6.24. The Hall–Kier alpha value is -3.93. The predicted molar refractivity (Wildman–Crippen MR) is 146 cm³/mol. The van der Waals surface area contributed by atoms with E-state index in [1.165, 1.54) is 11.0 Å². The number of aromatic hydroxyl groups is 1. The molecule has 0 bridgehead atoms. The number of amides is 1. The van der Waals surface area contributed by atoms with Crippen LogP contribution in [0.4, 0.5) is 0 Å². The average molecular weight is 564 g/mol. The first kappa shape index (κ1) is 27.3. The van der Waals surface area contributed by atoms with Crippen molar-refractivity contribution < 1.29 is 39.2 Å². The van der Waals surface area contributed by atoms with Gasteiger partial charge in [-0.05, 0) is 88.6 Å². The number of hydrogen-bond donors (Lipinski definition) is 5. The van der Waals surface area contributed by atoms with Crippen LogP contribution in [0.25, 0.3) is 17.1 Å². The monoisotopic (exact) mass is 563 g/mol. The van der Waals surface area contributed by atoms with Crippen LogP contribution in [0.5, 0.6) is 5.75 Å². The van der Waals surface area contributed by atoms with E-state index < -0.39 is 58.0 Å². The van der Waals surface area contributed by atoms with Gasteiger partial charge in [0.2, 0.25) is 5.78 Å². The minimum Gasteiger partial charge on any atom is -0.508 e. The molecule has 1 saturated heterocycles. The van der Waals surface area contributed by atoms with Crippen molar-refractivity contribution >= 4 is 23.2 Å². The number of aliphatic hydroxyl groups excluding tert-OH is 2. The van der Waals surface area contributed by atoms with Crippen LogP contribution in [0.2, 0.25) is 0 Å². The standard InChI is InChI=1S/C30H33N3O8/c1-32(2)24-18-12-14-11-17-16(20-8-5-15(41-20)13-33-9-3-4-10-33)6-7-19(34)22(17)25(35)21(14)27(37)30(18,40)28(38)23(26(24)36)29(31)39/h5-8,14,18,24,34-35,38,40H,3-4,9-13H2,1-2H3,(H2,31,39)/t14-,18-,24-,30-/m0/s1. The second-order valence-corrected chi connectivity index (χ2v) is 11.7. The van der Waals surface area contributed by atoms with Gasteiger partial charge in [-0.25, -0.2) is 0 Å². The number of phenolic OH excluding ortho intramolecular Hbond substituents is 1. The summed E-state index contributed by atoms with van der Waals surface area (Å²) in [6.45, 7) is 2.70. The number of aliphatic hydroxyl groups is 3. The number of ketones is 2. The summed E-state index contributed by atoms with van der Waals surface area (Å²) in [6.07, 6.45) is 2.53. The Morgan fingerprint density at radius 3 is 2.49 bits per heavy atom. The highest BCUT2D eigenvalue weighted by Gasteiger charge is 2.64. The quantitative estimate of drug-likeness (QED) is 0.337. The van der Waals surface area contributed by atoms with Gasteiger partial charge in [0.05, 0.1) is 18.2 Å². The Bertz CT molecular complexity index is 1550. The van der Waals surface area contributed by atoms with Gasteiger partial charge >= 0.3 is 0 Å². The zero-order chi connectivity index (χ0) is 29.4. The molecule has 2 fully saturated rings. The van der Waals surface area contributed by atoms with E-state index in [1.54, 1.807) is 20.2 Å². The molecule has 11 heteroatoms. The zero-order valence-electron chi connectivity index (χ0n) is 22.9. The SMILES string of the molecule is CN(C)[C@@H]1C(=O)C(C(N)=O)=C(O)[C@@]2(O)C(=O)C3=C(O)c4c(O)ccc(-c5ccc(CN6CCCC6)o5)c4C[C@H]3C[C@@H]12.